The third-order valence-electron chi connectivity index (χ3n) is 5.21. The summed E-state index contributed by atoms with van der Waals surface area (Å²) >= 11 is 0. The van der Waals surface area contributed by atoms with E-state index in [2.05, 4.69) is 97.5 Å². The lowest BCUT2D eigenvalue weighted by Gasteiger charge is -2.12. The molecule has 0 radical (unpaired) electrons. The maximum Gasteiger partial charge on any atom is 0.223 e. The number of hydrogen-bond donors (Lipinski definition) is 0. The topological polar surface area (TPSA) is 21.7 Å². The lowest BCUT2D eigenvalue weighted by molar-refractivity contribution is -0.601. The summed E-state index contributed by atoms with van der Waals surface area (Å²) in [7, 11) is 0. The first-order valence-electron chi connectivity index (χ1n) is 9.17. The number of aryl methyl sites for hydroxylation is 1. The Labute approximate surface area is 158 Å². The van der Waals surface area contributed by atoms with Gasteiger partial charge in [0.2, 0.25) is 5.69 Å². The highest BCUT2D eigenvalue weighted by molar-refractivity contribution is 5.92. The molecule has 0 aliphatic heterocycles. The van der Waals surface area contributed by atoms with Gasteiger partial charge in [0.15, 0.2) is 11.9 Å². The van der Waals surface area contributed by atoms with Crippen molar-refractivity contribution in [2.75, 3.05) is 0 Å². The van der Waals surface area contributed by atoms with Crippen LogP contribution in [0.15, 0.2) is 85.2 Å². The Kier molecular flexibility index (Phi) is 3.54. The zero-order chi connectivity index (χ0) is 18.4. The van der Waals surface area contributed by atoms with Crippen LogP contribution in [-0.2, 0) is 0 Å². The molecule has 0 saturated heterocycles. The van der Waals surface area contributed by atoms with Gasteiger partial charge in [0.1, 0.15) is 0 Å². The molecule has 0 bridgehead atoms. The molecular weight excluding hydrogens is 330 g/mol. The Balaban J connectivity index is 1.87. The molecule has 3 aromatic carbocycles. The van der Waals surface area contributed by atoms with Crippen molar-refractivity contribution in [1.29, 1.82) is 0 Å². The van der Waals surface area contributed by atoms with Gasteiger partial charge in [0.05, 0.1) is 16.6 Å². The highest BCUT2D eigenvalue weighted by Gasteiger charge is 2.21. The first-order valence-corrected chi connectivity index (χ1v) is 9.17. The highest BCUT2D eigenvalue weighted by atomic mass is 15.3. The van der Waals surface area contributed by atoms with Crippen molar-refractivity contribution in [3.8, 4) is 11.4 Å². The van der Waals surface area contributed by atoms with Gasteiger partial charge in [-0.25, -0.2) is 4.68 Å². The normalized spacial score (nSPS) is 11.3. The lowest BCUT2D eigenvalue weighted by Crippen LogP contribution is -2.35. The summed E-state index contributed by atoms with van der Waals surface area (Å²) in [5.74, 6) is 0. The van der Waals surface area contributed by atoms with Gasteiger partial charge in [-0.15, -0.1) is 0 Å². The van der Waals surface area contributed by atoms with Crippen LogP contribution in [0.3, 0.4) is 0 Å². The Morgan fingerprint density at radius 3 is 2.37 bits per heavy atom. The Hall–Kier alpha value is -3.46. The number of pyridine rings is 1. The third kappa shape index (κ3) is 2.51. The minimum absolute atomic E-state index is 1.01. The predicted molar refractivity (Wildman–Crippen MR) is 110 cm³/mol. The molecule has 27 heavy (non-hydrogen) atoms. The van der Waals surface area contributed by atoms with Crippen molar-refractivity contribution >= 4 is 21.7 Å². The van der Waals surface area contributed by atoms with E-state index in [1.54, 1.807) is 0 Å². The van der Waals surface area contributed by atoms with Crippen LogP contribution in [0.1, 0.15) is 11.3 Å². The van der Waals surface area contributed by atoms with E-state index in [1.807, 2.05) is 10.7 Å². The Morgan fingerprint density at radius 2 is 1.56 bits per heavy atom. The highest BCUT2D eigenvalue weighted by Crippen LogP contribution is 2.29. The summed E-state index contributed by atoms with van der Waals surface area (Å²) in [5.41, 5.74) is 5.74. The van der Waals surface area contributed by atoms with Crippen molar-refractivity contribution in [1.82, 2.24) is 9.78 Å². The van der Waals surface area contributed by atoms with Crippen molar-refractivity contribution in [3.05, 3.63) is 96.4 Å². The lowest BCUT2D eigenvalue weighted by atomic mass is 10.0. The van der Waals surface area contributed by atoms with Gasteiger partial charge in [0, 0.05) is 36.2 Å². The van der Waals surface area contributed by atoms with E-state index in [4.69, 9.17) is 5.10 Å². The predicted octanol–water partition coefficient (Wildman–Crippen LogP) is 5.07. The van der Waals surface area contributed by atoms with Gasteiger partial charge in [0.25, 0.3) is 0 Å². The minimum Gasteiger partial charge on any atom is -0.239 e. The van der Waals surface area contributed by atoms with Crippen LogP contribution in [0.4, 0.5) is 0 Å². The number of nitrogens with zero attached hydrogens (tertiary/aromatic N) is 3. The van der Waals surface area contributed by atoms with Crippen molar-refractivity contribution < 1.29 is 4.57 Å². The monoisotopic (exact) mass is 350 g/mol. The second kappa shape index (κ2) is 6.06. The van der Waals surface area contributed by atoms with Gasteiger partial charge in [-0.1, -0.05) is 42.5 Å². The fourth-order valence-corrected chi connectivity index (χ4v) is 3.83. The zero-order valence-corrected chi connectivity index (χ0v) is 15.4. The fraction of sp³-hybridized carbons (Fsp3) is 0.0833. The average molecular weight is 350 g/mol. The molecule has 2 heterocycles. The number of rotatable bonds is 2. The van der Waals surface area contributed by atoms with Crippen molar-refractivity contribution in [3.63, 3.8) is 0 Å². The van der Waals surface area contributed by atoms with Gasteiger partial charge < -0.3 is 0 Å². The van der Waals surface area contributed by atoms with Crippen LogP contribution in [0, 0.1) is 13.8 Å². The Morgan fingerprint density at radius 1 is 0.815 bits per heavy atom. The van der Waals surface area contributed by atoms with Crippen LogP contribution in [-0.4, -0.2) is 9.78 Å². The molecule has 5 rings (SSSR count). The number of benzene rings is 3. The molecule has 0 saturated carbocycles. The summed E-state index contributed by atoms with van der Waals surface area (Å²) in [5, 5.41) is 8.42. The molecule has 5 aromatic rings. The molecule has 0 aliphatic carbocycles. The first kappa shape index (κ1) is 15.8. The standard InChI is InChI=1S/C24H20N3/c1-17-9-7-8-14-26(17)24-18(2)23(15-19-10-3-5-12-21(19)24)27-16-20-11-4-6-13-22(20)25-27/h3-16H,1-2H3/q+1. The summed E-state index contributed by atoms with van der Waals surface area (Å²) in [6.45, 7) is 4.33. The third-order valence-corrected chi connectivity index (χ3v) is 5.21. The van der Waals surface area contributed by atoms with Gasteiger partial charge >= 0.3 is 0 Å². The van der Waals surface area contributed by atoms with Gasteiger partial charge in [-0.2, -0.15) is 9.67 Å². The average Bonchev–Trinajstić information content (AvgIpc) is 3.12. The molecule has 130 valence electrons. The fourth-order valence-electron chi connectivity index (χ4n) is 3.83. The molecule has 0 amide bonds. The van der Waals surface area contributed by atoms with E-state index in [-0.39, 0.29) is 0 Å². The van der Waals surface area contributed by atoms with E-state index in [1.165, 1.54) is 27.7 Å². The molecule has 3 heteroatoms. The van der Waals surface area contributed by atoms with E-state index in [9.17, 15) is 0 Å². The van der Waals surface area contributed by atoms with Crippen LogP contribution in [0.5, 0.6) is 0 Å². The van der Waals surface area contributed by atoms with Gasteiger partial charge in [-0.05, 0) is 30.5 Å². The molecular formula is C24H20N3+. The van der Waals surface area contributed by atoms with E-state index >= 15 is 0 Å². The number of hydrogen-bond acceptors (Lipinski definition) is 1. The maximum absolute atomic E-state index is 4.82. The summed E-state index contributed by atoms with van der Waals surface area (Å²) < 4.78 is 4.28. The first-order chi connectivity index (χ1) is 13.2. The molecule has 3 nitrogen and oxygen atoms in total. The summed E-state index contributed by atoms with van der Waals surface area (Å²) in [4.78, 5) is 0. The van der Waals surface area contributed by atoms with Crippen LogP contribution in [0.2, 0.25) is 0 Å². The maximum atomic E-state index is 4.82. The van der Waals surface area contributed by atoms with Crippen LogP contribution in [0.25, 0.3) is 33.1 Å². The largest absolute Gasteiger partial charge is 0.239 e. The second-order valence-corrected chi connectivity index (χ2v) is 6.93. The molecule has 0 atom stereocenters. The minimum atomic E-state index is 1.01. The molecule has 2 aromatic heterocycles. The summed E-state index contributed by atoms with van der Waals surface area (Å²) in [6, 6.07) is 25.3. The van der Waals surface area contributed by atoms with Crippen molar-refractivity contribution in [2.24, 2.45) is 0 Å². The Bertz CT molecular complexity index is 1260. The second-order valence-electron chi connectivity index (χ2n) is 6.93. The van der Waals surface area contributed by atoms with Crippen molar-refractivity contribution in [2.45, 2.75) is 13.8 Å². The molecule has 0 unspecified atom stereocenters. The molecule has 0 spiro atoms. The zero-order valence-electron chi connectivity index (χ0n) is 15.4. The smallest absolute Gasteiger partial charge is 0.223 e. The molecule has 0 fully saturated rings. The SMILES string of the molecule is Cc1c(-n2cc3ccccc3n2)cc2ccccc2c1-[n+]1ccccc1C. The summed E-state index contributed by atoms with van der Waals surface area (Å²) in [6.07, 6.45) is 4.24. The van der Waals surface area contributed by atoms with E-state index < -0.39 is 0 Å². The van der Waals surface area contributed by atoms with E-state index in [0.717, 1.165) is 16.6 Å². The van der Waals surface area contributed by atoms with Crippen LogP contribution >= 0.6 is 0 Å². The number of aromatic nitrogens is 3. The van der Waals surface area contributed by atoms with E-state index in [0.29, 0.717) is 0 Å². The number of fused-ring (bicyclic) bond motifs is 2. The van der Waals surface area contributed by atoms with Gasteiger partial charge in [-0.3, -0.25) is 0 Å². The molecule has 0 N–H and O–H groups in total. The van der Waals surface area contributed by atoms with Crippen LogP contribution < -0.4 is 4.57 Å². The molecule has 0 aliphatic rings. The quantitative estimate of drug-likeness (QED) is 0.407.